The Hall–Kier alpha value is -5.09. The number of fused-ring (bicyclic) bond motifs is 2. The molecule has 0 aromatic heterocycles. The van der Waals surface area contributed by atoms with E-state index in [0.29, 0.717) is 17.2 Å². The Morgan fingerprint density at radius 2 is 1.02 bits per heavy atom. The molecule has 2 heterocycles. The zero-order chi connectivity index (χ0) is 28.3. The Morgan fingerprint density at radius 3 is 1.60 bits per heavy atom. The normalized spacial score (nSPS) is 14.6. The molecule has 0 fully saturated rings. The number of hydrogen-bond donors (Lipinski definition) is 0. The van der Waals surface area contributed by atoms with E-state index < -0.39 is 33.5 Å². The van der Waals surface area contributed by atoms with Gasteiger partial charge < -0.3 is 4.74 Å². The molecule has 2 aliphatic heterocycles. The van der Waals surface area contributed by atoms with E-state index >= 15 is 0 Å². The van der Waals surface area contributed by atoms with Crippen molar-refractivity contribution in [1.82, 2.24) is 4.90 Å². The van der Waals surface area contributed by atoms with Crippen LogP contribution < -0.4 is 9.64 Å². The van der Waals surface area contributed by atoms with Gasteiger partial charge in [-0.2, -0.15) is 0 Å². The van der Waals surface area contributed by atoms with Gasteiger partial charge in [-0.1, -0.05) is 17.7 Å². The third-order valence-corrected chi connectivity index (χ3v) is 8.64. The van der Waals surface area contributed by atoms with Crippen molar-refractivity contribution in [2.24, 2.45) is 0 Å². The maximum Gasteiger partial charge on any atom is 0.266 e. The summed E-state index contributed by atoms with van der Waals surface area (Å²) in [7, 11) is -2.86. The molecule has 0 unspecified atom stereocenters. The van der Waals surface area contributed by atoms with Crippen molar-refractivity contribution < 1.29 is 32.3 Å². The molecule has 4 amide bonds. The molecule has 0 saturated carbocycles. The predicted octanol–water partition coefficient (Wildman–Crippen LogP) is 4.65. The second-order valence-corrected chi connectivity index (χ2v) is 11.4. The summed E-state index contributed by atoms with van der Waals surface area (Å²) in [6, 6.07) is 21.3. The molecule has 0 N–H and O–H groups in total. The second-order valence-electron chi connectivity index (χ2n) is 9.44. The van der Waals surface area contributed by atoms with Crippen LogP contribution in [0.15, 0.2) is 94.7 Å². The van der Waals surface area contributed by atoms with E-state index in [1.54, 1.807) is 24.3 Å². The van der Waals surface area contributed by atoms with E-state index in [0.717, 1.165) is 27.5 Å². The number of anilines is 1. The number of ether oxygens (including phenoxy) is 1. The number of sulfone groups is 1. The van der Waals surface area contributed by atoms with Crippen LogP contribution in [-0.2, 0) is 9.84 Å². The first-order valence-electron chi connectivity index (χ1n) is 12.2. The SMILES string of the molecule is Cc1ccc(Oc2ccc(N3C(=O)c4ccc(S(=O)(=O)c5ccc6c(c5)C(=O)N(C)C6=O)cc4C3=O)cc2)cc1. The zero-order valence-corrected chi connectivity index (χ0v) is 22.1. The summed E-state index contributed by atoms with van der Waals surface area (Å²) in [6.07, 6.45) is 0. The van der Waals surface area contributed by atoms with E-state index in [4.69, 9.17) is 4.74 Å². The fraction of sp³-hybridized carbons (Fsp3) is 0.0667. The number of amides is 4. The summed E-state index contributed by atoms with van der Waals surface area (Å²) < 4.78 is 32.6. The van der Waals surface area contributed by atoms with Gasteiger partial charge in [0.25, 0.3) is 23.6 Å². The van der Waals surface area contributed by atoms with Crippen molar-refractivity contribution in [1.29, 1.82) is 0 Å². The van der Waals surface area contributed by atoms with Gasteiger partial charge in [-0.05, 0) is 79.7 Å². The summed E-state index contributed by atoms with van der Waals surface area (Å²) in [6.45, 7) is 1.97. The van der Waals surface area contributed by atoms with Crippen LogP contribution in [0, 0.1) is 6.92 Å². The van der Waals surface area contributed by atoms with E-state index in [1.165, 1.54) is 31.3 Å². The van der Waals surface area contributed by atoms with Gasteiger partial charge in [-0.3, -0.25) is 24.1 Å². The minimum absolute atomic E-state index is 0.0121. The highest BCUT2D eigenvalue weighted by Gasteiger charge is 2.38. The van der Waals surface area contributed by atoms with Crippen LogP contribution >= 0.6 is 0 Å². The first kappa shape index (κ1) is 25.2. The maximum atomic E-state index is 13.4. The third-order valence-electron chi connectivity index (χ3n) is 6.89. The number of rotatable bonds is 5. The number of carbonyl (C=O) groups is 4. The Balaban J connectivity index is 1.28. The van der Waals surface area contributed by atoms with Crippen LogP contribution in [0.4, 0.5) is 5.69 Å². The molecule has 4 aromatic carbocycles. The van der Waals surface area contributed by atoms with Crippen LogP contribution in [0.25, 0.3) is 0 Å². The quantitative estimate of drug-likeness (QED) is 0.331. The van der Waals surface area contributed by atoms with Crippen LogP contribution in [0.3, 0.4) is 0 Å². The average molecular weight is 553 g/mol. The third kappa shape index (κ3) is 3.88. The summed E-state index contributed by atoms with van der Waals surface area (Å²) in [5, 5.41) is 0. The van der Waals surface area contributed by atoms with Gasteiger partial charge in [0.1, 0.15) is 11.5 Å². The van der Waals surface area contributed by atoms with E-state index in [1.807, 2.05) is 31.2 Å². The first-order chi connectivity index (χ1) is 19.1. The summed E-state index contributed by atoms with van der Waals surface area (Å²) in [5.41, 5.74) is 1.52. The Bertz CT molecular complexity index is 1880. The van der Waals surface area contributed by atoms with Gasteiger partial charge in [0.15, 0.2) is 0 Å². The van der Waals surface area contributed by atoms with Gasteiger partial charge in [-0.25, -0.2) is 13.3 Å². The molecule has 0 radical (unpaired) electrons. The summed E-state index contributed by atoms with van der Waals surface area (Å²) in [5.74, 6) is -1.21. The van der Waals surface area contributed by atoms with Crippen molar-refractivity contribution in [2.45, 2.75) is 16.7 Å². The van der Waals surface area contributed by atoms with Crippen LogP contribution in [-0.4, -0.2) is 44.0 Å². The monoisotopic (exact) mass is 552 g/mol. The highest BCUT2D eigenvalue weighted by molar-refractivity contribution is 7.91. The van der Waals surface area contributed by atoms with Crippen LogP contribution in [0.1, 0.15) is 47.0 Å². The molecule has 4 aromatic rings. The van der Waals surface area contributed by atoms with Gasteiger partial charge >= 0.3 is 0 Å². The number of aryl methyl sites for hydroxylation is 1. The smallest absolute Gasteiger partial charge is 0.266 e. The van der Waals surface area contributed by atoms with E-state index in [-0.39, 0.29) is 32.0 Å². The Labute approximate surface area is 229 Å². The van der Waals surface area contributed by atoms with Crippen molar-refractivity contribution in [3.8, 4) is 11.5 Å². The second kappa shape index (κ2) is 8.99. The molecular weight excluding hydrogens is 532 g/mol. The standard InChI is InChI=1S/C30H20N2O7S/c1-17-3-7-19(8-4-17)39-20-9-5-18(6-10-20)32-29(35)24-14-12-22(16-26(24)30(32)36)40(37,38)21-11-13-23-25(15-21)28(34)31(2)27(23)33/h3-16H,1-2H3. The number of carbonyl (C=O) groups excluding carboxylic acids is 4. The molecule has 0 aliphatic carbocycles. The summed E-state index contributed by atoms with van der Waals surface area (Å²) >= 11 is 0. The number of nitrogens with zero attached hydrogens (tertiary/aromatic N) is 2. The topological polar surface area (TPSA) is 118 Å². The molecule has 0 saturated heterocycles. The minimum Gasteiger partial charge on any atom is -0.457 e. The minimum atomic E-state index is -4.18. The van der Waals surface area contributed by atoms with Gasteiger partial charge in [0.05, 0.1) is 37.7 Å². The predicted molar refractivity (Wildman–Crippen MR) is 144 cm³/mol. The van der Waals surface area contributed by atoms with Crippen molar-refractivity contribution >= 4 is 39.2 Å². The van der Waals surface area contributed by atoms with Crippen molar-refractivity contribution in [3.63, 3.8) is 0 Å². The van der Waals surface area contributed by atoms with Crippen molar-refractivity contribution in [2.75, 3.05) is 11.9 Å². The average Bonchev–Trinajstić information content (AvgIpc) is 3.34. The molecule has 40 heavy (non-hydrogen) atoms. The van der Waals surface area contributed by atoms with E-state index in [2.05, 4.69) is 0 Å². The molecule has 9 nitrogen and oxygen atoms in total. The van der Waals surface area contributed by atoms with Gasteiger partial charge in [0, 0.05) is 7.05 Å². The number of benzene rings is 4. The molecule has 198 valence electrons. The van der Waals surface area contributed by atoms with E-state index in [9.17, 15) is 27.6 Å². The van der Waals surface area contributed by atoms with Gasteiger partial charge in [0.2, 0.25) is 9.84 Å². The fourth-order valence-electron chi connectivity index (χ4n) is 4.67. The summed E-state index contributed by atoms with van der Waals surface area (Å²) in [4.78, 5) is 52.4. The largest absolute Gasteiger partial charge is 0.457 e. The van der Waals surface area contributed by atoms with Gasteiger partial charge in [-0.15, -0.1) is 0 Å². The molecule has 2 aliphatic rings. The molecular formula is C30H20N2O7S. The van der Waals surface area contributed by atoms with Crippen LogP contribution in [0.2, 0.25) is 0 Å². The lowest BCUT2D eigenvalue weighted by Crippen LogP contribution is -2.29. The Morgan fingerprint density at radius 1 is 0.575 bits per heavy atom. The lowest BCUT2D eigenvalue weighted by atomic mass is 10.1. The molecule has 6 rings (SSSR count). The molecule has 0 atom stereocenters. The highest BCUT2D eigenvalue weighted by Crippen LogP contribution is 2.34. The van der Waals surface area contributed by atoms with Crippen LogP contribution in [0.5, 0.6) is 11.5 Å². The molecule has 10 heteroatoms. The highest BCUT2D eigenvalue weighted by atomic mass is 32.2. The fourth-order valence-corrected chi connectivity index (χ4v) is 5.98. The number of imide groups is 2. The maximum absolute atomic E-state index is 13.4. The lowest BCUT2D eigenvalue weighted by molar-refractivity contribution is 0.0692. The first-order valence-corrected chi connectivity index (χ1v) is 13.6. The molecule has 0 bridgehead atoms. The zero-order valence-electron chi connectivity index (χ0n) is 21.2. The van der Waals surface area contributed by atoms with Crippen molar-refractivity contribution in [3.05, 3.63) is 113 Å². The Kier molecular flexibility index (Phi) is 5.67. The molecule has 0 spiro atoms. The lowest BCUT2D eigenvalue weighted by Gasteiger charge is -2.14. The number of hydrogen-bond acceptors (Lipinski definition) is 7.